The Balaban J connectivity index is 2.08. The Kier molecular flexibility index (Phi) is 3.00. The zero-order chi connectivity index (χ0) is 11.7. The highest BCUT2D eigenvalue weighted by Crippen LogP contribution is 2.33. The first-order valence-corrected chi connectivity index (χ1v) is 7.16. The van der Waals surface area contributed by atoms with Gasteiger partial charge in [0.15, 0.2) is 0 Å². The largest absolute Gasteiger partial charge is 0.313 e. The Morgan fingerprint density at radius 3 is 3.06 bits per heavy atom. The molecule has 0 fully saturated rings. The second-order valence-corrected chi connectivity index (χ2v) is 5.43. The van der Waals surface area contributed by atoms with E-state index in [4.69, 9.17) is 0 Å². The lowest BCUT2D eigenvalue weighted by molar-refractivity contribution is 0.739. The van der Waals surface area contributed by atoms with E-state index in [2.05, 4.69) is 41.9 Å². The van der Waals surface area contributed by atoms with Crippen molar-refractivity contribution in [1.29, 1.82) is 0 Å². The number of benzene rings is 1. The molecule has 0 spiro atoms. The van der Waals surface area contributed by atoms with Gasteiger partial charge in [0.2, 0.25) is 0 Å². The van der Waals surface area contributed by atoms with Crippen molar-refractivity contribution in [3.05, 3.63) is 40.8 Å². The van der Waals surface area contributed by atoms with E-state index >= 15 is 0 Å². The maximum Gasteiger partial charge on any atom is 0.0351 e. The predicted molar refractivity (Wildman–Crippen MR) is 76.7 cm³/mol. The number of rotatable bonds is 2. The van der Waals surface area contributed by atoms with Crippen LogP contribution in [-0.4, -0.2) is 13.1 Å². The first-order chi connectivity index (χ1) is 8.38. The third-order valence-corrected chi connectivity index (χ3v) is 4.40. The van der Waals surface area contributed by atoms with E-state index in [9.17, 15) is 0 Å². The average Bonchev–Trinajstić information content (AvgIpc) is 2.82. The number of fused-ring (bicyclic) bond motifs is 1. The zero-order valence-electron chi connectivity index (χ0n) is 10.1. The van der Waals surface area contributed by atoms with Gasteiger partial charge in [-0.3, -0.25) is 0 Å². The summed E-state index contributed by atoms with van der Waals surface area (Å²) in [5.41, 5.74) is 4.40. The van der Waals surface area contributed by atoms with Crippen molar-refractivity contribution in [2.24, 2.45) is 0 Å². The number of aryl methyl sites for hydroxylation is 1. The highest BCUT2D eigenvalue weighted by atomic mass is 32.1. The van der Waals surface area contributed by atoms with Crippen molar-refractivity contribution in [1.82, 2.24) is 5.32 Å². The molecule has 1 nitrogen and oxygen atoms in total. The van der Waals surface area contributed by atoms with Crippen molar-refractivity contribution in [3.8, 4) is 0 Å². The van der Waals surface area contributed by atoms with Crippen LogP contribution in [0, 0.1) is 0 Å². The topological polar surface area (TPSA) is 12.0 Å². The van der Waals surface area contributed by atoms with Crippen molar-refractivity contribution in [2.75, 3.05) is 13.1 Å². The molecule has 17 heavy (non-hydrogen) atoms. The SMILES string of the molecule is CCc1ccc2c(C3=CCNCC3)csc2c1. The predicted octanol–water partition coefficient (Wildman–Crippen LogP) is 3.84. The molecule has 2 heteroatoms. The Labute approximate surface area is 106 Å². The minimum absolute atomic E-state index is 1.01. The fourth-order valence-corrected chi connectivity index (χ4v) is 3.46. The Morgan fingerprint density at radius 2 is 2.29 bits per heavy atom. The molecule has 0 aliphatic carbocycles. The lowest BCUT2D eigenvalue weighted by Gasteiger charge is -2.13. The second kappa shape index (κ2) is 4.63. The smallest absolute Gasteiger partial charge is 0.0351 e. The Hall–Kier alpha value is -1.12. The molecular weight excluding hydrogens is 226 g/mol. The van der Waals surface area contributed by atoms with E-state index < -0.39 is 0 Å². The average molecular weight is 243 g/mol. The van der Waals surface area contributed by atoms with E-state index in [1.165, 1.54) is 26.8 Å². The summed E-state index contributed by atoms with van der Waals surface area (Å²) in [5, 5.41) is 7.12. The van der Waals surface area contributed by atoms with E-state index in [-0.39, 0.29) is 0 Å². The minimum atomic E-state index is 1.01. The highest BCUT2D eigenvalue weighted by molar-refractivity contribution is 7.17. The van der Waals surface area contributed by atoms with E-state index in [0.29, 0.717) is 0 Å². The fraction of sp³-hybridized carbons (Fsp3) is 0.333. The molecule has 88 valence electrons. The molecule has 1 aromatic carbocycles. The van der Waals surface area contributed by atoms with Gasteiger partial charge in [0.05, 0.1) is 0 Å². The monoisotopic (exact) mass is 243 g/mol. The summed E-state index contributed by atoms with van der Waals surface area (Å²) in [4.78, 5) is 0. The molecule has 0 radical (unpaired) electrons. The molecule has 2 aromatic rings. The van der Waals surface area contributed by atoms with Crippen molar-refractivity contribution < 1.29 is 0 Å². The lowest BCUT2D eigenvalue weighted by atomic mass is 9.99. The van der Waals surface area contributed by atoms with Crippen LogP contribution in [0.4, 0.5) is 0 Å². The molecule has 0 saturated heterocycles. The molecule has 1 aliphatic rings. The van der Waals surface area contributed by atoms with Gasteiger partial charge in [0, 0.05) is 11.2 Å². The molecule has 0 unspecified atom stereocenters. The normalized spacial score (nSPS) is 16.2. The summed E-state index contributed by atoms with van der Waals surface area (Å²) < 4.78 is 1.43. The van der Waals surface area contributed by atoms with Gasteiger partial charge in [0.25, 0.3) is 0 Å². The van der Waals surface area contributed by atoms with Crippen LogP contribution in [0.15, 0.2) is 29.7 Å². The maximum atomic E-state index is 3.37. The van der Waals surface area contributed by atoms with Gasteiger partial charge >= 0.3 is 0 Å². The second-order valence-electron chi connectivity index (χ2n) is 4.52. The molecule has 0 bridgehead atoms. The lowest BCUT2D eigenvalue weighted by Crippen LogP contribution is -2.19. The summed E-state index contributed by atoms with van der Waals surface area (Å²) in [6.45, 7) is 4.33. The number of nitrogens with one attached hydrogen (secondary N) is 1. The molecule has 0 amide bonds. The van der Waals surface area contributed by atoms with E-state index in [1.54, 1.807) is 0 Å². The molecule has 1 N–H and O–H groups in total. The molecule has 0 saturated carbocycles. The van der Waals surface area contributed by atoms with Crippen molar-refractivity contribution >= 4 is 27.0 Å². The van der Waals surface area contributed by atoms with Crippen LogP contribution in [-0.2, 0) is 6.42 Å². The summed E-state index contributed by atoms with van der Waals surface area (Å²) in [7, 11) is 0. The van der Waals surface area contributed by atoms with Crippen LogP contribution < -0.4 is 5.32 Å². The van der Waals surface area contributed by atoms with E-state index in [0.717, 1.165) is 25.9 Å². The van der Waals surface area contributed by atoms with Crippen molar-refractivity contribution in [2.45, 2.75) is 19.8 Å². The first-order valence-electron chi connectivity index (χ1n) is 6.28. The third-order valence-electron chi connectivity index (χ3n) is 3.46. The van der Waals surface area contributed by atoms with Gasteiger partial charge < -0.3 is 5.32 Å². The molecular formula is C15H17NS. The Morgan fingerprint density at radius 1 is 1.35 bits per heavy atom. The quantitative estimate of drug-likeness (QED) is 0.845. The molecule has 1 aromatic heterocycles. The number of thiophene rings is 1. The van der Waals surface area contributed by atoms with Crippen LogP contribution >= 0.6 is 11.3 Å². The van der Waals surface area contributed by atoms with Gasteiger partial charge in [-0.15, -0.1) is 11.3 Å². The highest BCUT2D eigenvalue weighted by Gasteiger charge is 2.11. The molecule has 3 rings (SSSR count). The molecule has 2 heterocycles. The summed E-state index contributed by atoms with van der Waals surface area (Å²) >= 11 is 1.88. The Bertz CT molecular complexity index is 565. The van der Waals surface area contributed by atoms with Gasteiger partial charge in [-0.25, -0.2) is 0 Å². The minimum Gasteiger partial charge on any atom is -0.313 e. The summed E-state index contributed by atoms with van der Waals surface area (Å²) in [6, 6.07) is 6.90. The van der Waals surface area contributed by atoms with Gasteiger partial charge in [-0.05, 0) is 52.9 Å². The van der Waals surface area contributed by atoms with Crippen LogP contribution in [0.2, 0.25) is 0 Å². The van der Waals surface area contributed by atoms with Crippen LogP contribution in [0.1, 0.15) is 24.5 Å². The number of hydrogen-bond acceptors (Lipinski definition) is 2. The standard InChI is InChI=1S/C15H17NS/c1-2-11-3-4-13-14(10-17-15(13)9-11)12-5-7-16-8-6-12/h3-5,9-10,16H,2,6-8H2,1H3. The fourth-order valence-electron chi connectivity index (χ4n) is 2.41. The van der Waals surface area contributed by atoms with Crippen LogP contribution in [0.5, 0.6) is 0 Å². The van der Waals surface area contributed by atoms with Crippen LogP contribution in [0.3, 0.4) is 0 Å². The van der Waals surface area contributed by atoms with E-state index in [1.807, 2.05) is 11.3 Å². The van der Waals surface area contributed by atoms with Crippen molar-refractivity contribution in [3.63, 3.8) is 0 Å². The van der Waals surface area contributed by atoms with Gasteiger partial charge in [-0.2, -0.15) is 0 Å². The first kappa shape index (κ1) is 11.0. The van der Waals surface area contributed by atoms with Gasteiger partial charge in [-0.1, -0.05) is 25.1 Å². The molecule has 0 atom stereocenters. The third kappa shape index (κ3) is 2.03. The van der Waals surface area contributed by atoms with Gasteiger partial charge in [0.1, 0.15) is 0 Å². The summed E-state index contributed by atoms with van der Waals surface area (Å²) in [5.74, 6) is 0. The number of hydrogen-bond donors (Lipinski definition) is 1. The zero-order valence-corrected chi connectivity index (χ0v) is 10.9. The maximum absolute atomic E-state index is 3.37. The van der Waals surface area contributed by atoms with Crippen LogP contribution in [0.25, 0.3) is 15.7 Å². The summed E-state index contributed by atoms with van der Waals surface area (Å²) in [6.07, 6.45) is 4.61. The molecule has 1 aliphatic heterocycles.